The number of esters is 1. The molecule has 4 nitrogen and oxygen atoms in total. The van der Waals surface area contributed by atoms with Crippen LogP contribution in [0.5, 0.6) is 0 Å². The molecule has 0 saturated heterocycles. The first-order chi connectivity index (χ1) is 6.53. The van der Waals surface area contributed by atoms with Crippen molar-refractivity contribution in [3.05, 3.63) is 0 Å². The second-order valence-corrected chi connectivity index (χ2v) is 3.73. The van der Waals surface area contributed by atoms with Crippen LogP contribution in [0.4, 0.5) is 4.39 Å². The number of aliphatic hydroxyl groups is 1. The number of aliphatic hydroxyl groups excluding tert-OH is 1. The predicted molar refractivity (Wildman–Crippen MR) is 43.1 cm³/mol. The van der Waals surface area contributed by atoms with E-state index in [4.69, 9.17) is 0 Å². The van der Waals surface area contributed by atoms with Gasteiger partial charge in [0, 0.05) is 12.3 Å². The molecule has 2 rings (SSSR count). The lowest BCUT2D eigenvalue weighted by Crippen LogP contribution is -2.31. The molecule has 0 amide bonds. The number of rotatable bonds is 2. The molecule has 0 spiro atoms. The zero-order chi connectivity index (χ0) is 10.5. The molecule has 1 N–H and O–H groups in total. The molecular formula is C9H11FO4. The van der Waals surface area contributed by atoms with Gasteiger partial charge in [-0.3, -0.25) is 4.79 Å². The van der Waals surface area contributed by atoms with E-state index in [1.165, 1.54) is 0 Å². The first kappa shape index (κ1) is 9.58. The summed E-state index contributed by atoms with van der Waals surface area (Å²) in [5, 5.41) is 9.29. The molecule has 0 aromatic carbocycles. The second-order valence-electron chi connectivity index (χ2n) is 3.73. The first-order valence-corrected chi connectivity index (χ1v) is 4.60. The molecule has 0 heterocycles. The van der Waals surface area contributed by atoms with Crippen molar-refractivity contribution in [1.82, 2.24) is 0 Å². The number of ether oxygens (including phenoxy) is 1. The summed E-state index contributed by atoms with van der Waals surface area (Å²) in [5.74, 6) is -3.22. The van der Waals surface area contributed by atoms with Gasteiger partial charge < -0.3 is 9.84 Å². The van der Waals surface area contributed by atoms with Gasteiger partial charge in [-0.05, 0) is 6.92 Å². The zero-order valence-electron chi connectivity index (χ0n) is 7.70. The molecule has 2 aliphatic carbocycles. The third-order valence-electron chi connectivity index (χ3n) is 2.95. The summed E-state index contributed by atoms with van der Waals surface area (Å²) in [7, 11) is 0. The highest BCUT2D eigenvalue weighted by atomic mass is 19.1. The van der Waals surface area contributed by atoms with Gasteiger partial charge in [-0.1, -0.05) is 0 Å². The standard InChI is InChI=1S/C9H11FO4/c1-2-14-8(13)9(10)6-4(11)3-5(12)7(6)9/h4,6-7,11H,2-3H2,1H3/t4-,6+,7-,9+/m0/s1. The molecule has 0 aromatic rings. The topological polar surface area (TPSA) is 63.6 Å². The van der Waals surface area contributed by atoms with E-state index in [-0.39, 0.29) is 18.8 Å². The molecule has 0 bridgehead atoms. The number of carbonyl (C=O) groups excluding carboxylic acids is 2. The Bertz CT molecular complexity index is 303. The minimum atomic E-state index is -2.25. The summed E-state index contributed by atoms with van der Waals surface area (Å²) in [6, 6.07) is 0. The largest absolute Gasteiger partial charge is 0.464 e. The molecule has 2 saturated carbocycles. The average molecular weight is 202 g/mol. The summed E-state index contributed by atoms with van der Waals surface area (Å²) in [5.41, 5.74) is -2.25. The second kappa shape index (κ2) is 2.76. The summed E-state index contributed by atoms with van der Waals surface area (Å²) in [4.78, 5) is 22.3. The van der Waals surface area contributed by atoms with Gasteiger partial charge in [-0.15, -0.1) is 0 Å². The van der Waals surface area contributed by atoms with Gasteiger partial charge in [-0.25, -0.2) is 9.18 Å². The highest BCUT2D eigenvalue weighted by Gasteiger charge is 2.80. The number of fused-ring (bicyclic) bond motifs is 1. The predicted octanol–water partition coefficient (Wildman–Crippen LogP) is -0.163. The number of alkyl halides is 1. The molecule has 0 radical (unpaired) electrons. The smallest absolute Gasteiger partial charge is 0.345 e. The number of hydrogen-bond donors (Lipinski definition) is 1. The Morgan fingerprint density at radius 1 is 1.79 bits per heavy atom. The van der Waals surface area contributed by atoms with E-state index in [2.05, 4.69) is 4.74 Å². The third kappa shape index (κ3) is 0.958. The third-order valence-corrected chi connectivity index (χ3v) is 2.95. The number of Topliss-reactive ketones (excluding diaryl/α,β-unsaturated/α-hetero) is 1. The highest BCUT2D eigenvalue weighted by Crippen LogP contribution is 2.61. The fourth-order valence-corrected chi connectivity index (χ4v) is 2.28. The Morgan fingerprint density at radius 3 is 2.86 bits per heavy atom. The zero-order valence-corrected chi connectivity index (χ0v) is 7.70. The van der Waals surface area contributed by atoms with Crippen LogP contribution >= 0.6 is 0 Å². The van der Waals surface area contributed by atoms with E-state index < -0.39 is 29.6 Å². The Labute approximate surface area is 80.0 Å². The fourth-order valence-electron chi connectivity index (χ4n) is 2.28. The molecule has 0 aromatic heterocycles. The van der Waals surface area contributed by atoms with Crippen molar-refractivity contribution in [2.75, 3.05) is 6.61 Å². The molecule has 4 atom stereocenters. The molecule has 0 aliphatic heterocycles. The molecule has 5 heteroatoms. The van der Waals surface area contributed by atoms with E-state index in [1.807, 2.05) is 0 Å². The van der Waals surface area contributed by atoms with Crippen LogP contribution < -0.4 is 0 Å². The van der Waals surface area contributed by atoms with E-state index >= 15 is 0 Å². The van der Waals surface area contributed by atoms with Crippen molar-refractivity contribution in [3.63, 3.8) is 0 Å². The SMILES string of the molecule is CCOC(=O)[C@@]1(F)[C@@H]2[C@@H](O)CC(=O)[C@@H]21. The lowest BCUT2D eigenvalue weighted by molar-refractivity contribution is -0.154. The number of ketones is 1. The molecule has 2 aliphatic rings. The maximum Gasteiger partial charge on any atom is 0.345 e. The van der Waals surface area contributed by atoms with Gasteiger partial charge in [-0.2, -0.15) is 0 Å². The molecule has 14 heavy (non-hydrogen) atoms. The van der Waals surface area contributed by atoms with Crippen LogP contribution in [-0.4, -0.2) is 35.2 Å². The van der Waals surface area contributed by atoms with Gasteiger partial charge in [0.15, 0.2) is 0 Å². The molecule has 78 valence electrons. The van der Waals surface area contributed by atoms with Gasteiger partial charge >= 0.3 is 5.97 Å². The van der Waals surface area contributed by atoms with Gasteiger partial charge in [0.2, 0.25) is 5.67 Å². The molecule has 0 unspecified atom stereocenters. The fraction of sp³-hybridized carbons (Fsp3) is 0.778. The van der Waals surface area contributed by atoms with Crippen molar-refractivity contribution >= 4 is 11.8 Å². The van der Waals surface area contributed by atoms with Crippen molar-refractivity contribution in [1.29, 1.82) is 0 Å². The maximum absolute atomic E-state index is 13.8. The Balaban J connectivity index is 2.15. The Kier molecular flexibility index (Phi) is 1.89. The van der Waals surface area contributed by atoms with Crippen LogP contribution in [0.3, 0.4) is 0 Å². The Morgan fingerprint density at radius 2 is 2.43 bits per heavy atom. The lowest BCUT2D eigenvalue weighted by Gasteiger charge is -2.12. The number of halogens is 1. The highest BCUT2D eigenvalue weighted by molar-refractivity contribution is 6.00. The molecular weight excluding hydrogens is 191 g/mol. The van der Waals surface area contributed by atoms with E-state index in [9.17, 15) is 19.1 Å². The quantitative estimate of drug-likeness (QED) is 0.632. The van der Waals surface area contributed by atoms with Crippen molar-refractivity contribution in [2.24, 2.45) is 11.8 Å². The normalized spacial score (nSPS) is 44.8. The summed E-state index contributed by atoms with van der Waals surface area (Å²) in [6.07, 6.45) is -1.07. The number of carbonyl (C=O) groups is 2. The van der Waals surface area contributed by atoms with Gasteiger partial charge in [0.25, 0.3) is 0 Å². The maximum atomic E-state index is 13.8. The average Bonchev–Trinajstić information content (AvgIpc) is 2.62. The summed E-state index contributed by atoms with van der Waals surface area (Å²) >= 11 is 0. The van der Waals surface area contributed by atoms with E-state index in [1.54, 1.807) is 6.92 Å². The first-order valence-electron chi connectivity index (χ1n) is 4.60. The van der Waals surface area contributed by atoms with Crippen molar-refractivity contribution in [2.45, 2.75) is 25.1 Å². The number of hydrogen-bond acceptors (Lipinski definition) is 4. The van der Waals surface area contributed by atoms with Crippen LogP contribution in [-0.2, 0) is 14.3 Å². The van der Waals surface area contributed by atoms with Crippen LogP contribution in [0.2, 0.25) is 0 Å². The van der Waals surface area contributed by atoms with Crippen molar-refractivity contribution in [3.8, 4) is 0 Å². The van der Waals surface area contributed by atoms with Gasteiger partial charge in [0.1, 0.15) is 5.78 Å². The van der Waals surface area contributed by atoms with Crippen LogP contribution in [0, 0.1) is 11.8 Å². The van der Waals surface area contributed by atoms with Gasteiger partial charge in [0.05, 0.1) is 18.6 Å². The monoisotopic (exact) mass is 202 g/mol. The van der Waals surface area contributed by atoms with E-state index in [0.717, 1.165) is 0 Å². The van der Waals surface area contributed by atoms with Crippen molar-refractivity contribution < 1.29 is 23.8 Å². The van der Waals surface area contributed by atoms with E-state index in [0.29, 0.717) is 0 Å². The van der Waals surface area contributed by atoms with Crippen LogP contribution in [0.25, 0.3) is 0 Å². The summed E-state index contributed by atoms with van der Waals surface area (Å²) in [6.45, 7) is 1.64. The Hall–Kier alpha value is -0.970. The summed E-state index contributed by atoms with van der Waals surface area (Å²) < 4.78 is 18.4. The molecule has 2 fully saturated rings. The van der Waals surface area contributed by atoms with Crippen LogP contribution in [0.15, 0.2) is 0 Å². The minimum Gasteiger partial charge on any atom is -0.464 e. The minimum absolute atomic E-state index is 0.0413. The van der Waals surface area contributed by atoms with Crippen LogP contribution in [0.1, 0.15) is 13.3 Å². The lowest BCUT2D eigenvalue weighted by atomic mass is 10.1.